The summed E-state index contributed by atoms with van der Waals surface area (Å²) in [5.41, 5.74) is 0.580. The Labute approximate surface area is 112 Å². The topological polar surface area (TPSA) is 82.5 Å². The molecule has 0 fully saturated rings. The summed E-state index contributed by atoms with van der Waals surface area (Å²) in [5, 5.41) is 11.9. The highest BCUT2D eigenvalue weighted by Gasteiger charge is 2.17. The lowest BCUT2D eigenvalue weighted by molar-refractivity contribution is -0.130. The number of nitrogens with zero attached hydrogens (tertiary/aromatic N) is 2. The minimum absolute atomic E-state index is 0.0377. The number of carbonyl (C=O) groups excluding carboxylic acids is 1. The number of carboxylic acids is 1. The van der Waals surface area contributed by atoms with E-state index in [-0.39, 0.29) is 11.5 Å². The Bertz CT molecular complexity index is 488. The third kappa shape index (κ3) is 3.67. The Morgan fingerprint density at radius 3 is 2.58 bits per heavy atom. The lowest BCUT2D eigenvalue weighted by Crippen LogP contribution is -2.39. The number of pyridine rings is 1. The van der Waals surface area contributed by atoms with E-state index in [9.17, 15) is 9.59 Å². The molecule has 1 aromatic heterocycles. The van der Waals surface area contributed by atoms with Crippen molar-refractivity contribution < 1.29 is 14.7 Å². The smallest absolute Gasteiger partial charge is 0.337 e. The van der Waals surface area contributed by atoms with Crippen LogP contribution in [-0.2, 0) is 4.79 Å². The first-order chi connectivity index (χ1) is 8.86. The first kappa shape index (κ1) is 14.9. The maximum atomic E-state index is 11.9. The number of aryl methyl sites for hydroxylation is 1. The van der Waals surface area contributed by atoms with Gasteiger partial charge in [0.2, 0.25) is 5.91 Å². The van der Waals surface area contributed by atoms with E-state index in [1.165, 1.54) is 6.07 Å². The van der Waals surface area contributed by atoms with Crippen LogP contribution in [0.25, 0.3) is 0 Å². The summed E-state index contributed by atoms with van der Waals surface area (Å²) in [6, 6.07) is 2.63. The van der Waals surface area contributed by atoms with Crippen molar-refractivity contribution in [3.63, 3.8) is 0 Å². The van der Waals surface area contributed by atoms with Gasteiger partial charge >= 0.3 is 5.97 Å². The van der Waals surface area contributed by atoms with Gasteiger partial charge in [-0.15, -0.1) is 0 Å². The number of aromatic carboxylic acids is 1. The lowest BCUT2D eigenvalue weighted by atomic mass is 10.2. The van der Waals surface area contributed by atoms with E-state index in [1.807, 2.05) is 6.92 Å². The second-order valence-electron chi connectivity index (χ2n) is 4.35. The normalized spacial score (nSPS) is 11.8. The van der Waals surface area contributed by atoms with Crippen LogP contribution in [0, 0.1) is 6.92 Å². The molecule has 1 unspecified atom stereocenters. The van der Waals surface area contributed by atoms with Crippen LogP contribution >= 0.6 is 0 Å². The summed E-state index contributed by atoms with van der Waals surface area (Å²) in [7, 11) is 1.73. The quantitative estimate of drug-likeness (QED) is 0.840. The predicted octanol–water partition coefficient (Wildman–Crippen LogP) is 1.37. The summed E-state index contributed by atoms with van der Waals surface area (Å²) in [5.74, 6) is -0.552. The molecule has 6 nitrogen and oxygen atoms in total. The van der Waals surface area contributed by atoms with Gasteiger partial charge in [-0.3, -0.25) is 4.79 Å². The van der Waals surface area contributed by atoms with Crippen LogP contribution in [0.15, 0.2) is 12.1 Å². The maximum Gasteiger partial charge on any atom is 0.337 e. The van der Waals surface area contributed by atoms with Gasteiger partial charge in [0, 0.05) is 13.6 Å². The van der Waals surface area contributed by atoms with E-state index in [2.05, 4.69) is 10.3 Å². The maximum absolute atomic E-state index is 11.9. The lowest BCUT2D eigenvalue weighted by Gasteiger charge is -2.21. The largest absolute Gasteiger partial charge is 0.478 e. The number of hydrogen-bond donors (Lipinski definition) is 2. The summed E-state index contributed by atoms with van der Waals surface area (Å²) < 4.78 is 0. The molecule has 0 bridgehead atoms. The van der Waals surface area contributed by atoms with Crippen LogP contribution in [0.5, 0.6) is 0 Å². The van der Waals surface area contributed by atoms with Gasteiger partial charge in [0.25, 0.3) is 0 Å². The van der Waals surface area contributed by atoms with E-state index in [4.69, 9.17) is 5.11 Å². The molecular weight excluding hydrogens is 246 g/mol. The monoisotopic (exact) mass is 265 g/mol. The molecule has 0 aromatic carbocycles. The van der Waals surface area contributed by atoms with E-state index >= 15 is 0 Å². The minimum atomic E-state index is -1.01. The number of carbonyl (C=O) groups is 2. The third-order valence-corrected chi connectivity index (χ3v) is 2.90. The van der Waals surface area contributed by atoms with Crippen molar-refractivity contribution >= 4 is 17.7 Å². The Kier molecular flexibility index (Phi) is 4.86. The number of likely N-dealkylation sites (N-methyl/N-ethyl adjacent to an activating group) is 1. The highest BCUT2D eigenvalue weighted by atomic mass is 16.4. The number of amides is 1. The zero-order valence-corrected chi connectivity index (χ0v) is 11.6. The van der Waals surface area contributed by atoms with E-state index in [1.54, 1.807) is 31.9 Å². The van der Waals surface area contributed by atoms with Crippen molar-refractivity contribution in [3.05, 3.63) is 23.4 Å². The molecule has 1 amide bonds. The summed E-state index contributed by atoms with van der Waals surface area (Å²) in [6.07, 6.45) is 0. The Balaban J connectivity index is 2.81. The van der Waals surface area contributed by atoms with Gasteiger partial charge < -0.3 is 15.3 Å². The van der Waals surface area contributed by atoms with Gasteiger partial charge in [-0.05, 0) is 32.9 Å². The molecule has 1 atom stereocenters. The highest BCUT2D eigenvalue weighted by Crippen LogP contribution is 2.12. The van der Waals surface area contributed by atoms with Gasteiger partial charge in [0.05, 0.1) is 11.3 Å². The molecule has 2 N–H and O–H groups in total. The average molecular weight is 265 g/mol. The fraction of sp³-hybridized carbons (Fsp3) is 0.462. The Morgan fingerprint density at radius 1 is 1.47 bits per heavy atom. The molecule has 0 spiro atoms. The van der Waals surface area contributed by atoms with Crippen LogP contribution in [0.2, 0.25) is 0 Å². The minimum Gasteiger partial charge on any atom is -0.478 e. The van der Waals surface area contributed by atoms with Gasteiger partial charge in [0.15, 0.2) is 0 Å². The summed E-state index contributed by atoms with van der Waals surface area (Å²) in [6.45, 7) is 5.90. The molecule has 0 aliphatic carbocycles. The van der Waals surface area contributed by atoms with Crippen LogP contribution in [-0.4, -0.2) is 46.5 Å². The fourth-order valence-corrected chi connectivity index (χ4v) is 1.64. The van der Waals surface area contributed by atoms with Crippen LogP contribution in [0.4, 0.5) is 5.82 Å². The number of carboxylic acid groups (broad SMARTS) is 1. The van der Waals surface area contributed by atoms with Crippen molar-refractivity contribution in [3.8, 4) is 0 Å². The number of rotatable bonds is 5. The van der Waals surface area contributed by atoms with Gasteiger partial charge in [-0.1, -0.05) is 0 Å². The molecule has 0 saturated heterocycles. The van der Waals surface area contributed by atoms with Gasteiger partial charge in [0.1, 0.15) is 11.9 Å². The van der Waals surface area contributed by atoms with Crippen molar-refractivity contribution in [1.82, 2.24) is 9.88 Å². The average Bonchev–Trinajstić information content (AvgIpc) is 2.36. The molecule has 19 heavy (non-hydrogen) atoms. The van der Waals surface area contributed by atoms with Crippen LogP contribution in [0.1, 0.15) is 29.9 Å². The third-order valence-electron chi connectivity index (χ3n) is 2.90. The SMILES string of the molecule is CCN(C)C(=O)C(C)Nc1ccc(C(=O)O)c(C)n1. The first-order valence-corrected chi connectivity index (χ1v) is 6.09. The predicted molar refractivity (Wildman–Crippen MR) is 72.3 cm³/mol. The molecule has 1 heterocycles. The van der Waals surface area contributed by atoms with Crippen molar-refractivity contribution in [2.75, 3.05) is 18.9 Å². The van der Waals surface area contributed by atoms with Crippen LogP contribution in [0.3, 0.4) is 0 Å². The molecule has 104 valence electrons. The first-order valence-electron chi connectivity index (χ1n) is 6.09. The summed E-state index contributed by atoms with van der Waals surface area (Å²) >= 11 is 0. The Morgan fingerprint density at radius 2 is 2.11 bits per heavy atom. The molecule has 0 aliphatic rings. The van der Waals surface area contributed by atoms with Crippen molar-refractivity contribution in [1.29, 1.82) is 0 Å². The van der Waals surface area contributed by atoms with Gasteiger partial charge in [-0.25, -0.2) is 9.78 Å². The molecule has 0 aliphatic heterocycles. The zero-order chi connectivity index (χ0) is 14.6. The van der Waals surface area contributed by atoms with E-state index in [0.717, 1.165) is 0 Å². The molecule has 1 aromatic rings. The van der Waals surface area contributed by atoms with E-state index < -0.39 is 12.0 Å². The molecule has 1 rings (SSSR count). The number of anilines is 1. The Hall–Kier alpha value is -2.11. The zero-order valence-electron chi connectivity index (χ0n) is 11.6. The molecule has 6 heteroatoms. The van der Waals surface area contributed by atoms with Crippen LogP contribution < -0.4 is 5.32 Å². The number of aromatic nitrogens is 1. The molecule has 0 radical (unpaired) electrons. The second kappa shape index (κ2) is 6.17. The van der Waals surface area contributed by atoms with E-state index in [0.29, 0.717) is 18.1 Å². The molecular formula is C13H19N3O3. The van der Waals surface area contributed by atoms with Crippen molar-refractivity contribution in [2.45, 2.75) is 26.8 Å². The highest BCUT2D eigenvalue weighted by molar-refractivity contribution is 5.89. The molecule has 0 saturated carbocycles. The summed E-state index contributed by atoms with van der Waals surface area (Å²) in [4.78, 5) is 28.5. The second-order valence-corrected chi connectivity index (χ2v) is 4.35. The fourth-order valence-electron chi connectivity index (χ4n) is 1.64. The van der Waals surface area contributed by atoms with Crippen molar-refractivity contribution in [2.24, 2.45) is 0 Å². The number of hydrogen-bond acceptors (Lipinski definition) is 4. The standard InChI is InChI=1S/C13H19N3O3/c1-5-16(4)12(17)9(3)15-11-7-6-10(13(18)19)8(2)14-11/h6-7,9H,5H2,1-4H3,(H,14,15)(H,18,19). The number of nitrogens with one attached hydrogen (secondary N) is 1. The van der Waals surface area contributed by atoms with Gasteiger partial charge in [-0.2, -0.15) is 0 Å².